The number of benzene rings is 2. The number of alkyl halides is 2. The zero-order valence-corrected chi connectivity index (χ0v) is 14.2. The number of carbonyl (C=O) groups is 2. The SMILES string of the molecule is O=C(Nc1ccc(OC(F)F)c(Cl)c1)c1ccc(NC(=O)C2CC2)cc1. The van der Waals surface area contributed by atoms with Crippen LogP contribution < -0.4 is 15.4 Å². The van der Waals surface area contributed by atoms with E-state index in [1.54, 1.807) is 24.3 Å². The third-order valence-electron chi connectivity index (χ3n) is 3.77. The molecule has 0 atom stereocenters. The van der Waals surface area contributed by atoms with Gasteiger partial charge >= 0.3 is 6.61 Å². The third-order valence-corrected chi connectivity index (χ3v) is 4.06. The molecule has 26 heavy (non-hydrogen) atoms. The van der Waals surface area contributed by atoms with E-state index in [0.717, 1.165) is 12.8 Å². The highest BCUT2D eigenvalue weighted by atomic mass is 35.5. The molecule has 0 aliphatic heterocycles. The monoisotopic (exact) mass is 380 g/mol. The molecule has 0 radical (unpaired) electrons. The molecule has 0 unspecified atom stereocenters. The smallest absolute Gasteiger partial charge is 0.387 e. The molecular weight excluding hydrogens is 366 g/mol. The first-order valence-corrected chi connectivity index (χ1v) is 8.27. The van der Waals surface area contributed by atoms with Crippen molar-refractivity contribution in [2.24, 2.45) is 5.92 Å². The number of halogens is 3. The summed E-state index contributed by atoms with van der Waals surface area (Å²) in [7, 11) is 0. The Labute approximate surface area is 153 Å². The number of hydrogen-bond acceptors (Lipinski definition) is 3. The molecule has 136 valence electrons. The summed E-state index contributed by atoms with van der Waals surface area (Å²) in [5.41, 5.74) is 1.33. The standard InChI is InChI=1S/C18H15ClF2N2O3/c19-14-9-13(7-8-15(14)26-18(20)21)23-17(25)11-3-5-12(6-4-11)22-16(24)10-1-2-10/h3-10,18H,1-2H2,(H,22,24)(H,23,25). The van der Waals surface area contributed by atoms with Crippen molar-refractivity contribution < 1.29 is 23.1 Å². The number of anilines is 2. The topological polar surface area (TPSA) is 67.4 Å². The minimum Gasteiger partial charge on any atom is -0.433 e. The maximum absolute atomic E-state index is 12.2. The highest BCUT2D eigenvalue weighted by molar-refractivity contribution is 6.32. The maximum Gasteiger partial charge on any atom is 0.387 e. The normalized spacial score (nSPS) is 13.4. The number of ether oxygens (including phenoxy) is 1. The Balaban J connectivity index is 1.62. The molecule has 1 aliphatic rings. The van der Waals surface area contributed by atoms with Gasteiger partial charge in [0.05, 0.1) is 5.02 Å². The molecule has 0 bridgehead atoms. The molecule has 2 N–H and O–H groups in total. The Kier molecular flexibility index (Phi) is 5.37. The molecule has 2 aromatic rings. The minimum absolute atomic E-state index is 0.0112. The van der Waals surface area contributed by atoms with Crippen molar-refractivity contribution in [3.63, 3.8) is 0 Å². The summed E-state index contributed by atoms with van der Waals surface area (Å²) in [4.78, 5) is 23.9. The van der Waals surface area contributed by atoms with E-state index in [9.17, 15) is 18.4 Å². The quantitative estimate of drug-likeness (QED) is 0.773. The van der Waals surface area contributed by atoms with Gasteiger partial charge in [-0.05, 0) is 55.3 Å². The number of carbonyl (C=O) groups excluding carboxylic acids is 2. The van der Waals surface area contributed by atoms with Gasteiger partial charge in [-0.25, -0.2) is 0 Å². The van der Waals surface area contributed by atoms with Gasteiger partial charge in [0, 0.05) is 22.9 Å². The largest absolute Gasteiger partial charge is 0.433 e. The van der Waals surface area contributed by atoms with Gasteiger partial charge in [0.25, 0.3) is 5.91 Å². The average molecular weight is 381 g/mol. The molecule has 0 spiro atoms. The lowest BCUT2D eigenvalue weighted by Crippen LogP contribution is -2.14. The minimum atomic E-state index is -2.98. The van der Waals surface area contributed by atoms with E-state index >= 15 is 0 Å². The van der Waals surface area contributed by atoms with E-state index in [0.29, 0.717) is 16.9 Å². The van der Waals surface area contributed by atoms with Crippen molar-refractivity contribution in [2.75, 3.05) is 10.6 Å². The zero-order chi connectivity index (χ0) is 18.7. The number of rotatable bonds is 6. The fraction of sp³-hybridized carbons (Fsp3) is 0.222. The molecule has 5 nitrogen and oxygen atoms in total. The van der Waals surface area contributed by atoms with Crippen LogP contribution in [0, 0.1) is 5.92 Å². The van der Waals surface area contributed by atoms with Crippen molar-refractivity contribution in [1.82, 2.24) is 0 Å². The molecule has 8 heteroatoms. The average Bonchev–Trinajstić information content (AvgIpc) is 3.43. The molecule has 1 saturated carbocycles. The van der Waals surface area contributed by atoms with E-state index < -0.39 is 12.5 Å². The summed E-state index contributed by atoms with van der Waals surface area (Å²) in [5, 5.41) is 5.36. The molecular formula is C18H15ClF2N2O3. The lowest BCUT2D eigenvalue weighted by molar-refractivity contribution is -0.117. The van der Waals surface area contributed by atoms with Crippen LogP contribution in [-0.2, 0) is 4.79 Å². The van der Waals surface area contributed by atoms with Crippen LogP contribution in [0.2, 0.25) is 5.02 Å². The summed E-state index contributed by atoms with van der Waals surface area (Å²) in [5.74, 6) is -0.484. The van der Waals surface area contributed by atoms with Crippen molar-refractivity contribution >= 4 is 34.8 Å². The molecule has 0 aromatic heterocycles. The summed E-state index contributed by atoms with van der Waals surface area (Å²) in [6, 6.07) is 10.4. The second-order valence-electron chi connectivity index (χ2n) is 5.82. The van der Waals surface area contributed by atoms with E-state index in [-0.39, 0.29) is 22.6 Å². The third kappa shape index (κ3) is 4.70. The van der Waals surface area contributed by atoms with Crippen molar-refractivity contribution in [3.05, 3.63) is 53.1 Å². The lowest BCUT2D eigenvalue weighted by atomic mass is 10.2. The predicted molar refractivity (Wildman–Crippen MR) is 93.8 cm³/mol. The van der Waals surface area contributed by atoms with Crippen LogP contribution in [0.25, 0.3) is 0 Å². The van der Waals surface area contributed by atoms with Gasteiger partial charge in [0.1, 0.15) is 5.75 Å². The number of amides is 2. The summed E-state index contributed by atoms with van der Waals surface area (Å²) < 4.78 is 28.7. The Hall–Kier alpha value is -2.67. The van der Waals surface area contributed by atoms with E-state index in [1.807, 2.05) is 0 Å². The van der Waals surface area contributed by atoms with Crippen molar-refractivity contribution in [3.8, 4) is 5.75 Å². The second kappa shape index (κ2) is 7.70. The molecule has 1 aliphatic carbocycles. The fourth-order valence-electron chi connectivity index (χ4n) is 2.27. The lowest BCUT2D eigenvalue weighted by Gasteiger charge is -2.10. The Morgan fingerprint density at radius 3 is 2.27 bits per heavy atom. The van der Waals surface area contributed by atoms with Gasteiger partial charge < -0.3 is 15.4 Å². The molecule has 0 heterocycles. The highest BCUT2D eigenvalue weighted by Gasteiger charge is 2.29. The molecule has 1 fully saturated rings. The number of hydrogen-bond donors (Lipinski definition) is 2. The van der Waals surface area contributed by atoms with Crippen LogP contribution in [0.3, 0.4) is 0 Å². The predicted octanol–water partition coefficient (Wildman–Crippen LogP) is 4.54. The van der Waals surface area contributed by atoms with Crippen LogP contribution in [0.15, 0.2) is 42.5 Å². The molecule has 3 rings (SSSR count). The zero-order valence-electron chi connectivity index (χ0n) is 13.5. The molecule has 0 saturated heterocycles. The Morgan fingerprint density at radius 1 is 1.04 bits per heavy atom. The van der Waals surface area contributed by atoms with Gasteiger partial charge in [-0.1, -0.05) is 11.6 Å². The molecule has 2 aromatic carbocycles. The Morgan fingerprint density at radius 2 is 1.69 bits per heavy atom. The fourth-order valence-corrected chi connectivity index (χ4v) is 2.49. The van der Waals surface area contributed by atoms with Crippen LogP contribution >= 0.6 is 11.6 Å². The first kappa shape index (κ1) is 18.1. The van der Waals surface area contributed by atoms with Crippen LogP contribution in [0.4, 0.5) is 20.2 Å². The Bertz CT molecular complexity index is 824. The van der Waals surface area contributed by atoms with Gasteiger partial charge in [0.2, 0.25) is 5.91 Å². The number of nitrogens with one attached hydrogen (secondary N) is 2. The van der Waals surface area contributed by atoms with E-state index in [1.165, 1.54) is 18.2 Å². The van der Waals surface area contributed by atoms with Crippen molar-refractivity contribution in [1.29, 1.82) is 0 Å². The van der Waals surface area contributed by atoms with E-state index in [2.05, 4.69) is 15.4 Å². The van der Waals surface area contributed by atoms with E-state index in [4.69, 9.17) is 11.6 Å². The van der Waals surface area contributed by atoms with Crippen molar-refractivity contribution in [2.45, 2.75) is 19.5 Å². The first-order valence-electron chi connectivity index (χ1n) is 7.89. The van der Waals surface area contributed by atoms with Gasteiger partial charge in [0.15, 0.2) is 0 Å². The first-order chi connectivity index (χ1) is 12.4. The summed E-state index contributed by atoms with van der Waals surface area (Å²) >= 11 is 5.85. The summed E-state index contributed by atoms with van der Waals surface area (Å²) in [6.07, 6.45) is 1.83. The maximum atomic E-state index is 12.2. The summed E-state index contributed by atoms with van der Waals surface area (Å²) in [6.45, 7) is -2.98. The van der Waals surface area contributed by atoms with Gasteiger partial charge in [-0.3, -0.25) is 9.59 Å². The van der Waals surface area contributed by atoms with Crippen LogP contribution in [-0.4, -0.2) is 18.4 Å². The second-order valence-corrected chi connectivity index (χ2v) is 6.23. The molecule has 2 amide bonds. The van der Waals surface area contributed by atoms with Gasteiger partial charge in [-0.15, -0.1) is 0 Å². The van der Waals surface area contributed by atoms with Gasteiger partial charge in [-0.2, -0.15) is 8.78 Å². The highest BCUT2D eigenvalue weighted by Crippen LogP contribution is 2.30. The van der Waals surface area contributed by atoms with Crippen LogP contribution in [0.5, 0.6) is 5.75 Å². The van der Waals surface area contributed by atoms with Crippen LogP contribution in [0.1, 0.15) is 23.2 Å².